The second-order valence-electron chi connectivity index (χ2n) is 3.47. The van der Waals surface area contributed by atoms with Crippen LogP contribution >= 0.6 is 0 Å². The molecule has 9 heavy (non-hydrogen) atoms. The van der Waals surface area contributed by atoms with Crippen molar-refractivity contribution in [2.75, 3.05) is 6.61 Å². The molecular formula is C7H13BO. The Bertz CT molecular complexity index is 105. The highest BCUT2D eigenvalue weighted by molar-refractivity contribution is 6.11. The third-order valence-electron chi connectivity index (χ3n) is 2.26. The van der Waals surface area contributed by atoms with Gasteiger partial charge in [0.2, 0.25) is 0 Å². The number of hydrogen-bond donors (Lipinski definition) is 1. The fourth-order valence-electron chi connectivity index (χ4n) is 1.51. The summed E-state index contributed by atoms with van der Waals surface area (Å²) < 4.78 is 0. The zero-order chi connectivity index (χ0) is 6.91. The fraction of sp³-hybridized carbons (Fsp3) is 1.00. The molecule has 0 heterocycles. The zero-order valence-corrected chi connectivity index (χ0v) is 5.93. The Balaban J connectivity index is 2.45. The van der Waals surface area contributed by atoms with E-state index in [0.717, 1.165) is 19.3 Å². The lowest BCUT2D eigenvalue weighted by molar-refractivity contribution is 0.149. The summed E-state index contributed by atoms with van der Waals surface area (Å²) in [4.78, 5) is 0. The van der Waals surface area contributed by atoms with Crippen molar-refractivity contribution in [3.63, 3.8) is 0 Å². The molecule has 2 atom stereocenters. The van der Waals surface area contributed by atoms with Crippen LogP contribution in [0, 0.1) is 5.41 Å². The monoisotopic (exact) mass is 124 g/mol. The minimum Gasteiger partial charge on any atom is -0.396 e. The minimum absolute atomic E-state index is 0.138. The van der Waals surface area contributed by atoms with Crippen LogP contribution in [-0.4, -0.2) is 19.6 Å². The molecule has 1 aliphatic carbocycles. The van der Waals surface area contributed by atoms with Crippen molar-refractivity contribution >= 4 is 7.85 Å². The van der Waals surface area contributed by atoms with E-state index in [1.165, 1.54) is 0 Å². The number of aliphatic hydroxyl groups excluding tert-OH is 1. The maximum Gasteiger partial charge on any atom is 0.0699 e. The van der Waals surface area contributed by atoms with E-state index in [-0.39, 0.29) is 5.41 Å². The van der Waals surface area contributed by atoms with E-state index in [4.69, 9.17) is 13.0 Å². The molecule has 1 saturated carbocycles. The molecule has 2 heteroatoms. The maximum absolute atomic E-state index is 8.89. The molecule has 0 bridgehead atoms. The summed E-state index contributed by atoms with van der Waals surface area (Å²) in [7, 11) is 5.67. The van der Waals surface area contributed by atoms with Gasteiger partial charge in [0.15, 0.2) is 0 Å². The van der Waals surface area contributed by atoms with Crippen LogP contribution in [-0.2, 0) is 0 Å². The first-order valence-electron chi connectivity index (χ1n) is 3.53. The van der Waals surface area contributed by atoms with Crippen LogP contribution in [0.2, 0.25) is 5.82 Å². The lowest BCUT2D eigenvalue weighted by atomic mass is 9.81. The van der Waals surface area contributed by atoms with Crippen molar-refractivity contribution in [3.8, 4) is 0 Å². The average molecular weight is 124 g/mol. The Kier molecular flexibility index (Phi) is 1.85. The Morgan fingerprint density at radius 2 is 2.44 bits per heavy atom. The summed E-state index contributed by atoms with van der Waals surface area (Å²) in [6.07, 6.45) is 3.16. The van der Waals surface area contributed by atoms with Crippen LogP contribution in [0.5, 0.6) is 0 Å². The molecule has 1 aliphatic rings. The molecule has 2 radical (unpaired) electrons. The van der Waals surface area contributed by atoms with Gasteiger partial charge < -0.3 is 5.11 Å². The second kappa shape index (κ2) is 2.33. The molecule has 1 unspecified atom stereocenters. The molecule has 1 nitrogen and oxygen atoms in total. The Morgan fingerprint density at radius 3 is 2.67 bits per heavy atom. The molecule has 1 rings (SSSR count). The van der Waals surface area contributed by atoms with E-state index in [1.807, 2.05) is 0 Å². The summed E-state index contributed by atoms with van der Waals surface area (Å²) in [5.74, 6) is 0.335. The third-order valence-corrected chi connectivity index (χ3v) is 2.26. The summed E-state index contributed by atoms with van der Waals surface area (Å²) in [6, 6.07) is 0. The molecule has 0 aliphatic heterocycles. The molecular weight excluding hydrogens is 111 g/mol. The number of aliphatic hydroxyl groups is 1. The molecule has 0 saturated heterocycles. The quantitative estimate of drug-likeness (QED) is 0.519. The summed E-state index contributed by atoms with van der Waals surface area (Å²) in [5, 5.41) is 8.89. The van der Waals surface area contributed by atoms with Crippen LogP contribution in [0.1, 0.15) is 26.2 Å². The standard InChI is InChI=1S/C7H13BO/c1-7(5-9)3-2-6(8)4-7/h6,9H,2-5H2,1H3/t6?,7-/m1/s1. The van der Waals surface area contributed by atoms with E-state index in [1.54, 1.807) is 0 Å². The molecule has 0 aromatic heterocycles. The van der Waals surface area contributed by atoms with Gasteiger partial charge in [-0.15, -0.1) is 0 Å². The average Bonchev–Trinajstić information content (AvgIpc) is 2.13. The van der Waals surface area contributed by atoms with Crippen molar-refractivity contribution in [2.45, 2.75) is 32.0 Å². The van der Waals surface area contributed by atoms with Gasteiger partial charge in [-0.05, 0) is 11.8 Å². The molecule has 0 amide bonds. The van der Waals surface area contributed by atoms with E-state index < -0.39 is 0 Å². The smallest absolute Gasteiger partial charge is 0.0699 e. The fourth-order valence-corrected chi connectivity index (χ4v) is 1.51. The van der Waals surface area contributed by atoms with Gasteiger partial charge >= 0.3 is 0 Å². The van der Waals surface area contributed by atoms with Crippen molar-refractivity contribution in [1.82, 2.24) is 0 Å². The molecule has 1 fully saturated rings. The van der Waals surface area contributed by atoms with Gasteiger partial charge in [-0.1, -0.05) is 25.6 Å². The van der Waals surface area contributed by atoms with Gasteiger partial charge in [-0.2, -0.15) is 0 Å². The highest BCUT2D eigenvalue weighted by atomic mass is 16.3. The van der Waals surface area contributed by atoms with E-state index in [9.17, 15) is 0 Å². The Morgan fingerprint density at radius 1 is 1.78 bits per heavy atom. The molecule has 0 aromatic carbocycles. The topological polar surface area (TPSA) is 20.2 Å². The van der Waals surface area contributed by atoms with Crippen molar-refractivity contribution in [3.05, 3.63) is 0 Å². The van der Waals surface area contributed by atoms with Crippen molar-refractivity contribution in [2.24, 2.45) is 5.41 Å². The van der Waals surface area contributed by atoms with Crippen molar-refractivity contribution < 1.29 is 5.11 Å². The Hall–Kier alpha value is 0.0249. The molecule has 1 N–H and O–H groups in total. The van der Waals surface area contributed by atoms with Gasteiger partial charge in [0, 0.05) is 6.61 Å². The predicted molar refractivity (Wildman–Crippen MR) is 38.5 cm³/mol. The van der Waals surface area contributed by atoms with Crippen LogP contribution in [0.15, 0.2) is 0 Å². The van der Waals surface area contributed by atoms with Gasteiger partial charge in [-0.3, -0.25) is 0 Å². The molecule has 0 spiro atoms. The lowest BCUT2D eigenvalue weighted by Crippen LogP contribution is -2.16. The number of rotatable bonds is 1. The van der Waals surface area contributed by atoms with E-state index in [0.29, 0.717) is 12.4 Å². The SMILES string of the molecule is [B]C1CC[C@@](C)(CO)C1. The van der Waals surface area contributed by atoms with Gasteiger partial charge in [0.05, 0.1) is 7.85 Å². The minimum atomic E-state index is 0.138. The number of hydrogen-bond acceptors (Lipinski definition) is 1. The van der Waals surface area contributed by atoms with Gasteiger partial charge in [-0.25, -0.2) is 0 Å². The molecule has 50 valence electrons. The summed E-state index contributed by atoms with van der Waals surface area (Å²) >= 11 is 0. The van der Waals surface area contributed by atoms with Gasteiger partial charge in [0.25, 0.3) is 0 Å². The second-order valence-corrected chi connectivity index (χ2v) is 3.47. The molecule has 0 aromatic rings. The zero-order valence-electron chi connectivity index (χ0n) is 5.93. The van der Waals surface area contributed by atoms with Crippen LogP contribution in [0.4, 0.5) is 0 Å². The predicted octanol–water partition coefficient (Wildman–Crippen LogP) is 1.13. The maximum atomic E-state index is 8.89. The largest absolute Gasteiger partial charge is 0.396 e. The highest BCUT2D eigenvalue weighted by Gasteiger charge is 2.31. The summed E-state index contributed by atoms with van der Waals surface area (Å²) in [6.45, 7) is 2.39. The van der Waals surface area contributed by atoms with Crippen molar-refractivity contribution in [1.29, 1.82) is 0 Å². The summed E-state index contributed by atoms with van der Waals surface area (Å²) in [5.41, 5.74) is 0.138. The van der Waals surface area contributed by atoms with Crippen LogP contribution in [0.25, 0.3) is 0 Å². The van der Waals surface area contributed by atoms with E-state index in [2.05, 4.69) is 6.92 Å². The normalized spacial score (nSPS) is 43.6. The third kappa shape index (κ3) is 1.48. The first-order valence-corrected chi connectivity index (χ1v) is 3.53. The van der Waals surface area contributed by atoms with Crippen LogP contribution in [0.3, 0.4) is 0 Å². The first kappa shape index (κ1) is 7.14. The first-order chi connectivity index (χ1) is 4.16. The van der Waals surface area contributed by atoms with Crippen LogP contribution < -0.4 is 0 Å². The highest BCUT2D eigenvalue weighted by Crippen LogP contribution is 2.42. The van der Waals surface area contributed by atoms with E-state index >= 15 is 0 Å². The Labute approximate surface area is 57.9 Å². The lowest BCUT2D eigenvalue weighted by Gasteiger charge is -2.19. The van der Waals surface area contributed by atoms with Gasteiger partial charge in [0.1, 0.15) is 0 Å².